The van der Waals surface area contributed by atoms with Crippen molar-refractivity contribution in [3.63, 3.8) is 0 Å². The fourth-order valence-corrected chi connectivity index (χ4v) is 2.35. The van der Waals surface area contributed by atoms with Crippen molar-refractivity contribution in [3.8, 4) is 11.5 Å². The highest BCUT2D eigenvalue weighted by atomic mass is 16.6. The Bertz CT molecular complexity index is 748. The summed E-state index contributed by atoms with van der Waals surface area (Å²) in [6.45, 7) is 2.32. The molecule has 0 aliphatic carbocycles. The van der Waals surface area contributed by atoms with Crippen LogP contribution >= 0.6 is 0 Å². The first-order valence-corrected chi connectivity index (χ1v) is 7.71. The Morgan fingerprint density at radius 2 is 2.04 bits per heavy atom. The van der Waals surface area contributed by atoms with Crippen molar-refractivity contribution in [2.24, 2.45) is 0 Å². The fraction of sp³-hybridized carbons (Fsp3) is 0.353. The van der Waals surface area contributed by atoms with Gasteiger partial charge in [0.15, 0.2) is 11.5 Å². The van der Waals surface area contributed by atoms with Crippen LogP contribution in [0.3, 0.4) is 0 Å². The van der Waals surface area contributed by atoms with Crippen molar-refractivity contribution >= 4 is 11.7 Å². The van der Waals surface area contributed by atoms with Crippen LogP contribution in [0.4, 0.5) is 5.82 Å². The summed E-state index contributed by atoms with van der Waals surface area (Å²) in [5.74, 6) is 2.34. The number of carbonyl (C=O) groups excluding carboxylic acids is 1. The number of anilines is 1. The molecule has 2 aromatic rings. The maximum Gasteiger partial charge on any atom is 0.265 e. The van der Waals surface area contributed by atoms with Crippen molar-refractivity contribution < 1.29 is 14.3 Å². The highest BCUT2D eigenvalue weighted by Gasteiger charge is 2.27. The fourth-order valence-electron chi connectivity index (χ4n) is 2.35. The normalized spacial score (nSPS) is 15.7. The summed E-state index contributed by atoms with van der Waals surface area (Å²) in [5.41, 5.74) is 0.851. The molecular formula is C17H20N4O3. The van der Waals surface area contributed by atoms with Gasteiger partial charge in [0.2, 0.25) is 6.10 Å². The molecule has 3 rings (SSSR count). The lowest BCUT2D eigenvalue weighted by Crippen LogP contribution is -2.43. The summed E-state index contributed by atoms with van der Waals surface area (Å²) in [4.78, 5) is 23.0. The Morgan fingerprint density at radius 3 is 2.79 bits per heavy atom. The number of rotatable bonds is 4. The molecule has 24 heavy (non-hydrogen) atoms. The van der Waals surface area contributed by atoms with E-state index < -0.39 is 6.10 Å². The minimum atomic E-state index is -0.682. The van der Waals surface area contributed by atoms with E-state index in [0.717, 1.165) is 11.5 Å². The molecular weight excluding hydrogens is 308 g/mol. The molecule has 0 spiro atoms. The number of fused-ring (bicyclic) bond motifs is 1. The highest BCUT2D eigenvalue weighted by Crippen LogP contribution is 2.30. The van der Waals surface area contributed by atoms with Crippen LogP contribution in [0.2, 0.25) is 0 Å². The zero-order valence-electron chi connectivity index (χ0n) is 13.9. The Labute approximate surface area is 140 Å². The van der Waals surface area contributed by atoms with Gasteiger partial charge in [-0.05, 0) is 19.1 Å². The minimum Gasteiger partial charge on any atom is -0.485 e. The summed E-state index contributed by atoms with van der Waals surface area (Å²) < 4.78 is 11.2. The second-order valence-electron chi connectivity index (χ2n) is 5.76. The molecule has 0 saturated heterocycles. The molecule has 1 aliphatic rings. The maximum absolute atomic E-state index is 12.3. The molecule has 0 fully saturated rings. The van der Waals surface area contributed by atoms with Crippen molar-refractivity contribution in [2.45, 2.75) is 19.6 Å². The summed E-state index contributed by atoms with van der Waals surface area (Å²) in [7, 11) is 3.82. The van der Waals surface area contributed by atoms with E-state index in [1.807, 2.05) is 50.2 Å². The lowest BCUT2D eigenvalue weighted by Gasteiger charge is -2.25. The predicted octanol–water partition coefficient (Wildman–Crippen LogP) is 1.31. The van der Waals surface area contributed by atoms with E-state index >= 15 is 0 Å². The zero-order valence-corrected chi connectivity index (χ0v) is 13.9. The molecule has 1 atom stereocenters. The van der Waals surface area contributed by atoms with E-state index in [0.29, 0.717) is 17.3 Å². The summed E-state index contributed by atoms with van der Waals surface area (Å²) in [6.07, 6.45) is -0.682. The lowest BCUT2D eigenvalue weighted by molar-refractivity contribution is -0.130. The van der Waals surface area contributed by atoms with Gasteiger partial charge < -0.3 is 19.7 Å². The number of aryl methyl sites for hydroxylation is 1. The number of ether oxygens (including phenoxy) is 2. The molecule has 0 bridgehead atoms. The van der Waals surface area contributed by atoms with Crippen LogP contribution < -0.4 is 19.7 Å². The molecule has 1 N–H and O–H groups in total. The van der Waals surface area contributed by atoms with E-state index in [9.17, 15) is 4.79 Å². The van der Waals surface area contributed by atoms with Gasteiger partial charge in [0.1, 0.15) is 18.2 Å². The number of hydrogen-bond donors (Lipinski definition) is 1. The molecule has 1 unspecified atom stereocenters. The highest BCUT2D eigenvalue weighted by molar-refractivity contribution is 5.81. The largest absolute Gasteiger partial charge is 0.485 e. The van der Waals surface area contributed by atoms with E-state index in [1.165, 1.54) is 0 Å². The van der Waals surface area contributed by atoms with Gasteiger partial charge in [-0.25, -0.2) is 9.97 Å². The van der Waals surface area contributed by atoms with E-state index in [1.54, 1.807) is 6.07 Å². The van der Waals surface area contributed by atoms with Gasteiger partial charge in [-0.15, -0.1) is 0 Å². The third kappa shape index (κ3) is 3.56. The monoisotopic (exact) mass is 328 g/mol. The molecule has 1 amide bonds. The Balaban J connectivity index is 1.62. The lowest BCUT2D eigenvalue weighted by atomic mass is 10.2. The van der Waals surface area contributed by atoms with Gasteiger partial charge in [0.25, 0.3) is 5.91 Å². The number of para-hydroxylation sites is 2. The first-order valence-electron chi connectivity index (χ1n) is 7.71. The number of benzene rings is 1. The van der Waals surface area contributed by atoms with Gasteiger partial charge >= 0.3 is 0 Å². The van der Waals surface area contributed by atoms with Crippen molar-refractivity contribution in [1.29, 1.82) is 0 Å². The second-order valence-corrected chi connectivity index (χ2v) is 5.76. The first-order chi connectivity index (χ1) is 11.5. The smallest absolute Gasteiger partial charge is 0.265 e. The number of carbonyl (C=O) groups is 1. The van der Waals surface area contributed by atoms with Crippen LogP contribution in [0.5, 0.6) is 11.5 Å². The number of amides is 1. The number of hydrogen-bond acceptors (Lipinski definition) is 6. The van der Waals surface area contributed by atoms with Crippen LogP contribution in [0.1, 0.15) is 11.5 Å². The molecule has 1 aromatic heterocycles. The van der Waals surface area contributed by atoms with Crippen LogP contribution in [0.15, 0.2) is 30.3 Å². The number of nitrogens with zero attached hydrogens (tertiary/aromatic N) is 3. The SMILES string of the molecule is Cc1cc(N(C)C)nc(CNC(=O)C2COc3ccccc3O2)n1. The van der Waals surface area contributed by atoms with Gasteiger partial charge in [-0.3, -0.25) is 4.79 Å². The van der Waals surface area contributed by atoms with Gasteiger partial charge in [-0.2, -0.15) is 0 Å². The van der Waals surface area contributed by atoms with Gasteiger partial charge in [-0.1, -0.05) is 12.1 Å². The average Bonchev–Trinajstić information content (AvgIpc) is 2.58. The molecule has 1 aromatic carbocycles. The van der Waals surface area contributed by atoms with Crippen LogP contribution in [-0.4, -0.2) is 42.7 Å². The quantitative estimate of drug-likeness (QED) is 0.912. The maximum atomic E-state index is 12.3. The molecule has 0 saturated carbocycles. The summed E-state index contributed by atoms with van der Waals surface area (Å²) in [5, 5.41) is 2.81. The first kappa shape index (κ1) is 16.0. The average molecular weight is 328 g/mol. The topological polar surface area (TPSA) is 76.6 Å². The zero-order chi connectivity index (χ0) is 17.1. The third-order valence-electron chi connectivity index (χ3n) is 3.57. The van der Waals surface area contributed by atoms with E-state index in [-0.39, 0.29) is 19.1 Å². The number of aromatic nitrogens is 2. The van der Waals surface area contributed by atoms with Crippen LogP contribution in [0, 0.1) is 6.92 Å². The van der Waals surface area contributed by atoms with Crippen LogP contribution in [0.25, 0.3) is 0 Å². The molecule has 2 heterocycles. The van der Waals surface area contributed by atoms with Gasteiger partial charge in [0, 0.05) is 25.9 Å². The van der Waals surface area contributed by atoms with Gasteiger partial charge in [0.05, 0.1) is 6.54 Å². The molecule has 7 nitrogen and oxygen atoms in total. The molecule has 7 heteroatoms. The standard InChI is InChI=1S/C17H20N4O3/c1-11-8-16(21(2)3)20-15(19-11)9-18-17(22)14-10-23-12-6-4-5-7-13(12)24-14/h4-8,14H,9-10H2,1-3H3,(H,18,22). The Morgan fingerprint density at radius 1 is 1.29 bits per heavy atom. The van der Waals surface area contributed by atoms with Crippen molar-refractivity contribution in [2.75, 3.05) is 25.6 Å². The second kappa shape index (κ2) is 6.74. The van der Waals surface area contributed by atoms with Crippen LogP contribution in [-0.2, 0) is 11.3 Å². The summed E-state index contributed by atoms with van der Waals surface area (Å²) >= 11 is 0. The molecule has 0 radical (unpaired) electrons. The predicted molar refractivity (Wildman–Crippen MR) is 89.3 cm³/mol. The van der Waals surface area contributed by atoms with E-state index in [2.05, 4.69) is 15.3 Å². The van der Waals surface area contributed by atoms with Crippen molar-refractivity contribution in [1.82, 2.24) is 15.3 Å². The number of nitrogens with one attached hydrogen (secondary N) is 1. The minimum absolute atomic E-state index is 0.181. The Kier molecular flexibility index (Phi) is 4.50. The molecule has 126 valence electrons. The summed E-state index contributed by atoms with van der Waals surface area (Å²) in [6, 6.07) is 9.18. The van der Waals surface area contributed by atoms with Crippen molar-refractivity contribution in [3.05, 3.63) is 41.9 Å². The molecule has 1 aliphatic heterocycles. The Hall–Kier alpha value is -2.83. The third-order valence-corrected chi connectivity index (χ3v) is 3.57. The van der Waals surface area contributed by atoms with E-state index in [4.69, 9.17) is 9.47 Å².